The second-order valence-corrected chi connectivity index (χ2v) is 8.14. The first-order valence-corrected chi connectivity index (χ1v) is 10.4. The highest BCUT2D eigenvalue weighted by atomic mass is 35.5. The maximum atomic E-state index is 13.2. The average Bonchev–Trinajstić information content (AvgIpc) is 3.49. The van der Waals surface area contributed by atoms with E-state index in [9.17, 15) is 9.59 Å². The quantitative estimate of drug-likeness (QED) is 0.552. The molecule has 0 bridgehead atoms. The number of aromatic amines is 1. The van der Waals surface area contributed by atoms with Gasteiger partial charge in [-0.15, -0.1) is 5.10 Å². The van der Waals surface area contributed by atoms with Gasteiger partial charge in [-0.3, -0.25) is 9.36 Å². The summed E-state index contributed by atoms with van der Waals surface area (Å²) in [4.78, 5) is 25.3. The topological polar surface area (TPSA) is 89.0 Å². The van der Waals surface area contributed by atoms with Gasteiger partial charge >= 0.3 is 5.69 Å². The van der Waals surface area contributed by atoms with Crippen molar-refractivity contribution in [3.63, 3.8) is 0 Å². The summed E-state index contributed by atoms with van der Waals surface area (Å²) in [5.41, 5.74) is 1.13. The van der Waals surface area contributed by atoms with Crippen LogP contribution in [0.15, 0.2) is 58.5 Å². The second kappa shape index (κ2) is 8.34. The maximum Gasteiger partial charge on any atom is 0.344 e. The number of halogens is 1. The van der Waals surface area contributed by atoms with E-state index in [4.69, 9.17) is 16.3 Å². The fourth-order valence-corrected chi connectivity index (χ4v) is 4.36. The molecule has 2 aromatic carbocycles. The molecule has 29 heavy (non-hydrogen) atoms. The van der Waals surface area contributed by atoms with Gasteiger partial charge in [-0.05, 0) is 36.6 Å². The van der Waals surface area contributed by atoms with Gasteiger partial charge in [0.2, 0.25) is 5.91 Å². The Morgan fingerprint density at radius 2 is 2.07 bits per heavy atom. The number of ether oxygens (including phenoxy) is 1. The lowest BCUT2D eigenvalue weighted by Gasteiger charge is -2.17. The molecular formula is C20H19ClN4O3S. The van der Waals surface area contributed by atoms with Crippen LogP contribution >= 0.6 is 23.4 Å². The van der Waals surface area contributed by atoms with Crippen LogP contribution in [0.3, 0.4) is 0 Å². The van der Waals surface area contributed by atoms with Gasteiger partial charge in [-0.2, -0.15) is 0 Å². The van der Waals surface area contributed by atoms with E-state index < -0.39 is 5.25 Å². The third kappa shape index (κ3) is 4.33. The molecule has 1 aliphatic carbocycles. The molecule has 0 saturated heterocycles. The van der Waals surface area contributed by atoms with Crippen molar-refractivity contribution in [3.05, 3.63) is 69.6 Å². The third-order valence-corrected chi connectivity index (χ3v) is 6.08. The number of amides is 1. The molecule has 2 N–H and O–H groups in total. The van der Waals surface area contributed by atoms with Gasteiger partial charge < -0.3 is 10.1 Å². The summed E-state index contributed by atoms with van der Waals surface area (Å²) in [5.74, 6) is 0.295. The molecular weight excluding hydrogens is 412 g/mol. The van der Waals surface area contributed by atoms with Crippen LogP contribution < -0.4 is 15.7 Å². The van der Waals surface area contributed by atoms with E-state index in [1.807, 2.05) is 30.3 Å². The molecule has 3 aromatic rings. The van der Waals surface area contributed by atoms with Crippen molar-refractivity contribution >= 4 is 35.0 Å². The molecule has 0 aliphatic heterocycles. The number of hydrogen-bond donors (Lipinski definition) is 2. The smallest absolute Gasteiger partial charge is 0.344 e. The lowest BCUT2D eigenvalue weighted by atomic mass is 10.1. The zero-order chi connectivity index (χ0) is 20.4. The minimum atomic E-state index is -0.593. The lowest BCUT2D eigenvalue weighted by Crippen LogP contribution is -2.21. The number of aromatic nitrogens is 3. The zero-order valence-electron chi connectivity index (χ0n) is 15.6. The van der Waals surface area contributed by atoms with Crippen molar-refractivity contribution in [2.45, 2.75) is 29.3 Å². The van der Waals surface area contributed by atoms with Crippen LogP contribution in [-0.2, 0) is 4.79 Å². The highest BCUT2D eigenvalue weighted by Gasteiger charge is 2.31. The Bertz CT molecular complexity index is 1080. The predicted molar refractivity (Wildman–Crippen MR) is 113 cm³/mol. The van der Waals surface area contributed by atoms with Gasteiger partial charge in [0.05, 0.1) is 12.1 Å². The molecule has 4 rings (SSSR count). The predicted octanol–water partition coefficient (Wildman–Crippen LogP) is 4.04. The standard InChI is InChI=1S/C20H19ClN4O3S/c1-28-16-10-7-13(11-15(16)21)22-18(26)17(12-5-3-2-4-6-12)29-20-24-23-19(27)25(20)14-8-9-14/h2-7,10-11,14,17H,8-9H2,1H3,(H,22,26)(H,23,27)/t17-/m0/s1. The summed E-state index contributed by atoms with van der Waals surface area (Å²) in [5, 5.41) is 9.86. The van der Waals surface area contributed by atoms with Crippen LogP contribution in [0.1, 0.15) is 29.7 Å². The second-order valence-electron chi connectivity index (χ2n) is 6.66. The number of H-pyrrole nitrogens is 1. The first-order chi connectivity index (χ1) is 14.1. The van der Waals surface area contributed by atoms with Crippen LogP contribution in [0.2, 0.25) is 5.02 Å². The van der Waals surface area contributed by atoms with Gasteiger partial charge in [0.1, 0.15) is 11.0 Å². The molecule has 0 radical (unpaired) electrons. The van der Waals surface area contributed by atoms with Crippen molar-refractivity contribution < 1.29 is 9.53 Å². The summed E-state index contributed by atoms with van der Waals surface area (Å²) in [6.45, 7) is 0. The Hall–Kier alpha value is -2.71. The average molecular weight is 431 g/mol. The number of nitrogens with one attached hydrogen (secondary N) is 2. The van der Waals surface area contributed by atoms with Crippen molar-refractivity contribution in [1.82, 2.24) is 14.8 Å². The first kappa shape index (κ1) is 19.6. The van der Waals surface area contributed by atoms with Crippen LogP contribution in [0, 0.1) is 0 Å². The van der Waals surface area contributed by atoms with Crippen molar-refractivity contribution in [2.24, 2.45) is 0 Å². The summed E-state index contributed by atoms with van der Waals surface area (Å²) in [6.07, 6.45) is 1.89. The van der Waals surface area contributed by atoms with Gasteiger partial charge in [0, 0.05) is 11.7 Å². The maximum absolute atomic E-state index is 13.2. The molecule has 150 valence electrons. The van der Waals surface area contributed by atoms with E-state index in [2.05, 4.69) is 15.5 Å². The highest BCUT2D eigenvalue weighted by Crippen LogP contribution is 2.40. The van der Waals surface area contributed by atoms with E-state index in [1.165, 1.54) is 18.9 Å². The SMILES string of the molecule is COc1ccc(NC(=O)[C@@H](Sc2n[nH]c(=O)n2C2CC2)c2ccccc2)cc1Cl. The summed E-state index contributed by atoms with van der Waals surface area (Å²) >= 11 is 7.42. The Labute approximate surface area is 176 Å². The van der Waals surface area contributed by atoms with E-state index in [-0.39, 0.29) is 17.6 Å². The Morgan fingerprint density at radius 3 is 2.72 bits per heavy atom. The normalized spacial score (nSPS) is 14.4. The number of rotatable bonds is 7. The number of hydrogen-bond acceptors (Lipinski definition) is 5. The van der Waals surface area contributed by atoms with Crippen LogP contribution in [-0.4, -0.2) is 27.8 Å². The third-order valence-electron chi connectivity index (χ3n) is 4.57. The number of thioether (sulfide) groups is 1. The Morgan fingerprint density at radius 1 is 1.31 bits per heavy atom. The summed E-state index contributed by atoms with van der Waals surface area (Å²) < 4.78 is 6.79. The molecule has 1 heterocycles. The van der Waals surface area contributed by atoms with Crippen molar-refractivity contribution in [2.75, 3.05) is 12.4 Å². The molecule has 1 aromatic heterocycles. The zero-order valence-corrected chi connectivity index (χ0v) is 17.2. The van der Waals surface area contributed by atoms with Gasteiger partial charge in [-0.1, -0.05) is 53.7 Å². The number of carbonyl (C=O) groups excluding carboxylic acids is 1. The first-order valence-electron chi connectivity index (χ1n) is 9.09. The van der Waals surface area contributed by atoms with Crippen LogP contribution in [0.25, 0.3) is 0 Å². The number of carbonyl (C=O) groups is 1. The molecule has 1 saturated carbocycles. The van der Waals surface area contributed by atoms with Crippen molar-refractivity contribution in [3.8, 4) is 5.75 Å². The van der Waals surface area contributed by atoms with Crippen LogP contribution in [0.5, 0.6) is 5.75 Å². The molecule has 0 unspecified atom stereocenters. The molecule has 1 aliphatic rings. The molecule has 9 heteroatoms. The lowest BCUT2D eigenvalue weighted by molar-refractivity contribution is -0.115. The molecule has 0 spiro atoms. The van der Waals surface area contributed by atoms with Gasteiger partial charge in [0.25, 0.3) is 0 Å². The van der Waals surface area contributed by atoms with Crippen molar-refractivity contribution in [1.29, 1.82) is 0 Å². The number of nitrogens with zero attached hydrogens (tertiary/aromatic N) is 2. The minimum Gasteiger partial charge on any atom is -0.495 e. The number of anilines is 1. The largest absolute Gasteiger partial charge is 0.495 e. The molecule has 1 fully saturated rings. The molecule has 1 amide bonds. The molecule has 1 atom stereocenters. The Balaban J connectivity index is 1.62. The minimum absolute atomic E-state index is 0.156. The summed E-state index contributed by atoms with van der Waals surface area (Å²) in [6, 6.07) is 14.6. The van der Waals surface area contributed by atoms with E-state index in [1.54, 1.807) is 22.8 Å². The Kier molecular flexibility index (Phi) is 5.64. The van der Waals surface area contributed by atoms with E-state index >= 15 is 0 Å². The summed E-state index contributed by atoms with van der Waals surface area (Å²) in [7, 11) is 1.53. The fourth-order valence-electron chi connectivity index (χ4n) is 2.99. The van der Waals surface area contributed by atoms with Gasteiger partial charge in [-0.25, -0.2) is 9.89 Å². The van der Waals surface area contributed by atoms with E-state index in [0.29, 0.717) is 21.6 Å². The van der Waals surface area contributed by atoms with Gasteiger partial charge in [0.15, 0.2) is 5.16 Å². The van der Waals surface area contributed by atoms with Crippen LogP contribution in [0.4, 0.5) is 5.69 Å². The monoisotopic (exact) mass is 430 g/mol. The number of benzene rings is 2. The fraction of sp³-hybridized carbons (Fsp3) is 0.250. The van der Waals surface area contributed by atoms with E-state index in [0.717, 1.165) is 18.4 Å². The molecule has 7 nitrogen and oxygen atoms in total. The highest BCUT2D eigenvalue weighted by molar-refractivity contribution is 8.00. The number of methoxy groups -OCH3 is 1.